The molecule has 1 aliphatic carbocycles. The predicted molar refractivity (Wildman–Crippen MR) is 58.9 cm³/mol. The lowest BCUT2D eigenvalue weighted by Gasteiger charge is -2.11. The standard InChI is InChI=1S/C12H14ClFO/c1-15-9-4-5-10(12(14)7-9)11(13)6-8-2-3-8/h4-5,7-8,11H,2-3,6H2,1H3. The van der Waals surface area contributed by atoms with E-state index in [1.807, 2.05) is 0 Å². The van der Waals surface area contributed by atoms with Crippen molar-refractivity contribution >= 4 is 11.6 Å². The average molecular weight is 229 g/mol. The molecule has 1 nitrogen and oxygen atoms in total. The van der Waals surface area contributed by atoms with Crippen LogP contribution >= 0.6 is 11.6 Å². The minimum Gasteiger partial charge on any atom is -0.497 e. The number of rotatable bonds is 4. The zero-order valence-corrected chi connectivity index (χ0v) is 9.43. The summed E-state index contributed by atoms with van der Waals surface area (Å²) in [6, 6.07) is 4.85. The highest BCUT2D eigenvalue weighted by atomic mass is 35.5. The summed E-state index contributed by atoms with van der Waals surface area (Å²) < 4.78 is 18.5. The fourth-order valence-electron chi connectivity index (χ4n) is 1.66. The van der Waals surface area contributed by atoms with Gasteiger partial charge in [0.1, 0.15) is 11.6 Å². The summed E-state index contributed by atoms with van der Waals surface area (Å²) in [5.41, 5.74) is 0.587. The minimum absolute atomic E-state index is 0.205. The molecule has 0 saturated heterocycles. The molecule has 82 valence electrons. The second-order valence-corrected chi connectivity index (χ2v) is 4.56. The lowest BCUT2D eigenvalue weighted by atomic mass is 10.1. The van der Waals surface area contributed by atoms with Crippen LogP contribution in [0.1, 0.15) is 30.2 Å². The molecule has 0 aliphatic heterocycles. The van der Waals surface area contributed by atoms with E-state index in [9.17, 15) is 4.39 Å². The Morgan fingerprint density at radius 3 is 2.80 bits per heavy atom. The van der Waals surface area contributed by atoms with Gasteiger partial charge in [0, 0.05) is 11.6 Å². The zero-order valence-electron chi connectivity index (χ0n) is 8.67. The van der Waals surface area contributed by atoms with Crippen molar-refractivity contribution in [1.82, 2.24) is 0 Å². The van der Waals surface area contributed by atoms with Gasteiger partial charge >= 0.3 is 0 Å². The highest BCUT2D eigenvalue weighted by Gasteiger charge is 2.26. The molecule has 1 atom stereocenters. The first-order chi connectivity index (χ1) is 7.20. The van der Waals surface area contributed by atoms with E-state index < -0.39 is 0 Å². The quantitative estimate of drug-likeness (QED) is 0.710. The molecule has 1 unspecified atom stereocenters. The Labute approximate surface area is 94.2 Å². The van der Waals surface area contributed by atoms with Crippen LogP contribution in [0.3, 0.4) is 0 Å². The van der Waals surface area contributed by atoms with Crippen LogP contribution in [0.5, 0.6) is 5.75 Å². The van der Waals surface area contributed by atoms with E-state index in [1.165, 1.54) is 26.0 Å². The van der Waals surface area contributed by atoms with Gasteiger partial charge < -0.3 is 4.74 Å². The maximum atomic E-state index is 13.6. The van der Waals surface area contributed by atoms with Gasteiger partial charge in [0.15, 0.2) is 0 Å². The maximum Gasteiger partial charge on any atom is 0.131 e. The molecule has 0 spiro atoms. The number of ether oxygens (including phenoxy) is 1. The molecule has 1 fully saturated rings. The molecule has 0 bridgehead atoms. The van der Waals surface area contributed by atoms with Crippen LogP contribution in [0.25, 0.3) is 0 Å². The van der Waals surface area contributed by atoms with Crippen LogP contribution in [0.15, 0.2) is 18.2 Å². The summed E-state index contributed by atoms with van der Waals surface area (Å²) in [6.45, 7) is 0. The largest absolute Gasteiger partial charge is 0.497 e. The van der Waals surface area contributed by atoms with Gasteiger partial charge in [-0.05, 0) is 18.4 Å². The van der Waals surface area contributed by atoms with Crippen molar-refractivity contribution < 1.29 is 9.13 Å². The predicted octanol–water partition coefficient (Wildman–Crippen LogP) is 3.91. The van der Waals surface area contributed by atoms with Crippen LogP contribution in [0.2, 0.25) is 0 Å². The Kier molecular flexibility index (Phi) is 3.15. The summed E-state index contributed by atoms with van der Waals surface area (Å²) in [5.74, 6) is 0.968. The molecular formula is C12H14ClFO. The van der Waals surface area contributed by atoms with Crippen molar-refractivity contribution in [2.75, 3.05) is 7.11 Å². The minimum atomic E-state index is -0.269. The molecule has 3 heteroatoms. The van der Waals surface area contributed by atoms with Gasteiger partial charge in [-0.1, -0.05) is 18.9 Å². The van der Waals surface area contributed by atoms with Gasteiger partial charge in [0.05, 0.1) is 12.5 Å². The number of halogens is 2. The summed E-state index contributed by atoms with van der Waals surface area (Å²) in [6.07, 6.45) is 3.35. The number of alkyl halides is 1. The third kappa shape index (κ3) is 2.63. The highest BCUT2D eigenvalue weighted by molar-refractivity contribution is 6.20. The Morgan fingerprint density at radius 2 is 2.27 bits per heavy atom. The second-order valence-electron chi connectivity index (χ2n) is 4.03. The van der Waals surface area contributed by atoms with E-state index in [4.69, 9.17) is 16.3 Å². The van der Waals surface area contributed by atoms with Crippen molar-refractivity contribution in [3.63, 3.8) is 0 Å². The van der Waals surface area contributed by atoms with E-state index in [2.05, 4.69) is 0 Å². The first-order valence-electron chi connectivity index (χ1n) is 5.18. The monoisotopic (exact) mass is 228 g/mol. The second kappa shape index (κ2) is 4.40. The van der Waals surface area contributed by atoms with Gasteiger partial charge in [-0.2, -0.15) is 0 Å². The van der Waals surface area contributed by atoms with Crippen molar-refractivity contribution in [1.29, 1.82) is 0 Å². The Morgan fingerprint density at radius 1 is 1.53 bits per heavy atom. The molecule has 2 rings (SSSR count). The number of hydrogen-bond donors (Lipinski definition) is 0. The van der Waals surface area contributed by atoms with Crippen molar-refractivity contribution in [3.05, 3.63) is 29.6 Å². The molecular weight excluding hydrogens is 215 g/mol. The number of methoxy groups -OCH3 is 1. The van der Waals surface area contributed by atoms with Gasteiger partial charge in [-0.3, -0.25) is 0 Å². The van der Waals surface area contributed by atoms with Crippen LogP contribution in [0, 0.1) is 11.7 Å². The molecule has 0 N–H and O–H groups in total. The SMILES string of the molecule is COc1ccc(C(Cl)CC2CC2)c(F)c1. The Hall–Kier alpha value is -0.760. The van der Waals surface area contributed by atoms with Gasteiger partial charge in [-0.15, -0.1) is 11.6 Å². The highest BCUT2D eigenvalue weighted by Crippen LogP contribution is 2.41. The van der Waals surface area contributed by atoms with Crippen LogP contribution in [-0.4, -0.2) is 7.11 Å². The van der Waals surface area contributed by atoms with E-state index in [1.54, 1.807) is 12.1 Å². The van der Waals surface area contributed by atoms with Gasteiger partial charge in [0.25, 0.3) is 0 Å². The fraction of sp³-hybridized carbons (Fsp3) is 0.500. The van der Waals surface area contributed by atoms with Crippen LogP contribution < -0.4 is 4.74 Å². The zero-order chi connectivity index (χ0) is 10.8. The molecule has 0 aromatic heterocycles. The first-order valence-corrected chi connectivity index (χ1v) is 5.62. The topological polar surface area (TPSA) is 9.23 Å². The smallest absolute Gasteiger partial charge is 0.131 e. The van der Waals surface area contributed by atoms with Crippen molar-refractivity contribution in [3.8, 4) is 5.75 Å². The number of benzene rings is 1. The maximum absolute atomic E-state index is 13.6. The van der Waals surface area contributed by atoms with Gasteiger partial charge in [-0.25, -0.2) is 4.39 Å². The molecule has 1 aliphatic rings. The van der Waals surface area contributed by atoms with Crippen LogP contribution in [0.4, 0.5) is 4.39 Å². The van der Waals surface area contributed by atoms with E-state index in [-0.39, 0.29) is 11.2 Å². The molecule has 1 aromatic carbocycles. The number of hydrogen-bond acceptors (Lipinski definition) is 1. The first kappa shape index (κ1) is 10.7. The fourth-order valence-corrected chi connectivity index (χ4v) is 2.09. The lowest BCUT2D eigenvalue weighted by Crippen LogP contribution is -1.97. The molecule has 1 saturated carbocycles. The Balaban J connectivity index is 2.11. The molecule has 1 aromatic rings. The van der Waals surface area contributed by atoms with Crippen LogP contribution in [-0.2, 0) is 0 Å². The van der Waals surface area contributed by atoms with E-state index in [0.717, 1.165) is 6.42 Å². The molecule has 15 heavy (non-hydrogen) atoms. The van der Waals surface area contributed by atoms with Crippen molar-refractivity contribution in [2.45, 2.75) is 24.6 Å². The van der Waals surface area contributed by atoms with Crippen molar-refractivity contribution in [2.24, 2.45) is 5.92 Å². The third-order valence-electron chi connectivity index (χ3n) is 2.78. The summed E-state index contributed by atoms with van der Waals surface area (Å²) in [7, 11) is 1.52. The summed E-state index contributed by atoms with van der Waals surface area (Å²) in [5, 5.41) is -0.205. The van der Waals surface area contributed by atoms with Gasteiger partial charge in [0.2, 0.25) is 0 Å². The third-order valence-corrected chi connectivity index (χ3v) is 3.20. The molecule has 0 amide bonds. The molecule has 0 heterocycles. The lowest BCUT2D eigenvalue weighted by molar-refractivity contribution is 0.410. The van der Waals surface area contributed by atoms with E-state index in [0.29, 0.717) is 17.2 Å². The van der Waals surface area contributed by atoms with E-state index >= 15 is 0 Å². The molecule has 0 radical (unpaired) electrons. The normalized spacial score (nSPS) is 17.5. The Bertz CT molecular complexity index is 349. The average Bonchev–Trinajstić information content (AvgIpc) is 3.01. The summed E-state index contributed by atoms with van der Waals surface area (Å²) in [4.78, 5) is 0. The summed E-state index contributed by atoms with van der Waals surface area (Å²) >= 11 is 6.16.